The van der Waals surface area contributed by atoms with Gasteiger partial charge in [0.15, 0.2) is 11.4 Å². The number of hydrogen-bond acceptors (Lipinski definition) is 5. The number of benzene rings is 1. The Labute approximate surface area is 174 Å². The lowest BCUT2D eigenvalue weighted by molar-refractivity contribution is 0.0685. The molecule has 4 rings (SSSR count). The molecule has 0 spiro atoms. The SMILES string of the molecule is Cc1cc(F)c(CNC(=O)c2cn3c(c(O)c2=O)C(=O)N2CCSCC3C2)c(F)c1. The van der Waals surface area contributed by atoms with Crippen LogP contribution in [0.25, 0.3) is 0 Å². The number of aromatic hydroxyl groups is 1. The predicted molar refractivity (Wildman–Crippen MR) is 107 cm³/mol. The molecule has 1 atom stereocenters. The van der Waals surface area contributed by atoms with Crippen LogP contribution in [0.5, 0.6) is 5.75 Å². The summed E-state index contributed by atoms with van der Waals surface area (Å²) >= 11 is 1.64. The number of hydrogen-bond donors (Lipinski definition) is 2. The first-order chi connectivity index (χ1) is 14.3. The van der Waals surface area contributed by atoms with E-state index >= 15 is 0 Å². The molecule has 0 aliphatic carbocycles. The number of aryl methyl sites for hydroxylation is 1. The van der Waals surface area contributed by atoms with Gasteiger partial charge in [-0.25, -0.2) is 8.78 Å². The lowest BCUT2D eigenvalue weighted by Crippen LogP contribution is -2.45. The summed E-state index contributed by atoms with van der Waals surface area (Å²) in [7, 11) is 0. The molecule has 2 aliphatic heterocycles. The summed E-state index contributed by atoms with van der Waals surface area (Å²) in [5.74, 6) is -2.36. The van der Waals surface area contributed by atoms with E-state index in [-0.39, 0.29) is 22.9 Å². The number of halogens is 2. The molecular weight excluding hydrogens is 416 g/mol. The molecule has 1 fully saturated rings. The summed E-state index contributed by atoms with van der Waals surface area (Å²) in [6.07, 6.45) is 1.25. The van der Waals surface area contributed by atoms with Gasteiger partial charge in [0.2, 0.25) is 5.43 Å². The fourth-order valence-corrected chi connectivity index (χ4v) is 4.79. The Hall–Kier alpha value is -2.88. The van der Waals surface area contributed by atoms with Crippen LogP contribution in [0.3, 0.4) is 0 Å². The topological polar surface area (TPSA) is 91.6 Å². The Kier molecular flexibility index (Phi) is 5.27. The third-order valence-corrected chi connectivity index (χ3v) is 6.39. The second-order valence-corrected chi connectivity index (χ2v) is 8.50. The fraction of sp³-hybridized carbons (Fsp3) is 0.350. The summed E-state index contributed by atoms with van der Waals surface area (Å²) in [5.41, 5.74) is -1.45. The Morgan fingerprint density at radius 1 is 1.30 bits per heavy atom. The standard InChI is InChI=1S/C20H19F2N3O4S/c1-10-4-14(21)12(15(22)5-10)6-23-19(28)13-8-25-11-7-24(2-3-30-9-11)20(29)16(25)18(27)17(13)26/h4-5,8,11,27H,2-3,6-7,9H2,1H3,(H,23,28). The summed E-state index contributed by atoms with van der Waals surface area (Å²) < 4.78 is 29.5. The van der Waals surface area contributed by atoms with Crippen LogP contribution in [-0.2, 0) is 6.54 Å². The van der Waals surface area contributed by atoms with Crippen molar-refractivity contribution < 1.29 is 23.5 Å². The molecule has 2 N–H and O–H groups in total. The zero-order valence-electron chi connectivity index (χ0n) is 16.1. The van der Waals surface area contributed by atoms with Crippen LogP contribution in [0.4, 0.5) is 8.78 Å². The van der Waals surface area contributed by atoms with Gasteiger partial charge in [-0.05, 0) is 24.6 Å². The highest BCUT2D eigenvalue weighted by Gasteiger charge is 2.36. The second-order valence-electron chi connectivity index (χ2n) is 7.35. The third kappa shape index (κ3) is 3.45. The van der Waals surface area contributed by atoms with E-state index in [0.717, 1.165) is 17.9 Å². The number of aromatic nitrogens is 1. The monoisotopic (exact) mass is 435 g/mol. The van der Waals surface area contributed by atoms with Crippen molar-refractivity contribution in [2.24, 2.45) is 0 Å². The molecule has 7 nitrogen and oxygen atoms in total. The zero-order valence-corrected chi connectivity index (χ0v) is 16.9. The van der Waals surface area contributed by atoms with Crippen LogP contribution in [0.15, 0.2) is 23.1 Å². The second kappa shape index (κ2) is 7.75. The maximum absolute atomic E-state index is 14.0. The van der Waals surface area contributed by atoms with Crippen LogP contribution in [0.2, 0.25) is 0 Å². The van der Waals surface area contributed by atoms with Gasteiger partial charge < -0.3 is 19.9 Å². The molecule has 1 aromatic heterocycles. The van der Waals surface area contributed by atoms with Crippen LogP contribution in [0, 0.1) is 18.6 Å². The van der Waals surface area contributed by atoms with Crippen molar-refractivity contribution >= 4 is 23.6 Å². The van der Waals surface area contributed by atoms with Gasteiger partial charge in [-0.15, -0.1) is 0 Å². The molecule has 0 radical (unpaired) electrons. The lowest BCUT2D eigenvalue weighted by Gasteiger charge is -2.34. The minimum absolute atomic E-state index is 0.133. The molecule has 2 aromatic rings. The number of carbonyl (C=O) groups is 2. The normalized spacial score (nSPS) is 18.0. The molecule has 2 aliphatic rings. The number of thioether (sulfide) groups is 1. The molecule has 30 heavy (non-hydrogen) atoms. The summed E-state index contributed by atoms with van der Waals surface area (Å²) in [6.45, 7) is 2.01. The molecule has 2 amide bonds. The van der Waals surface area contributed by atoms with Crippen molar-refractivity contribution in [1.29, 1.82) is 0 Å². The van der Waals surface area contributed by atoms with Crippen molar-refractivity contribution in [2.75, 3.05) is 24.6 Å². The van der Waals surface area contributed by atoms with Crippen LogP contribution >= 0.6 is 11.8 Å². The minimum atomic E-state index is -0.996. The van der Waals surface area contributed by atoms with E-state index in [1.165, 1.54) is 10.8 Å². The lowest BCUT2D eigenvalue weighted by atomic mass is 10.1. The van der Waals surface area contributed by atoms with Gasteiger partial charge in [-0.3, -0.25) is 14.4 Å². The van der Waals surface area contributed by atoms with Crippen molar-refractivity contribution in [3.63, 3.8) is 0 Å². The Balaban J connectivity index is 1.67. The van der Waals surface area contributed by atoms with E-state index in [9.17, 15) is 28.3 Å². The predicted octanol–water partition coefficient (Wildman–Crippen LogP) is 1.81. The minimum Gasteiger partial charge on any atom is -0.503 e. The number of amides is 2. The molecule has 2 bridgehead atoms. The van der Waals surface area contributed by atoms with E-state index in [0.29, 0.717) is 24.4 Å². The van der Waals surface area contributed by atoms with Crippen LogP contribution < -0.4 is 10.7 Å². The van der Waals surface area contributed by atoms with Crippen LogP contribution in [0.1, 0.15) is 38.0 Å². The molecule has 1 aromatic carbocycles. The highest BCUT2D eigenvalue weighted by molar-refractivity contribution is 7.99. The molecule has 1 unspecified atom stereocenters. The number of carbonyl (C=O) groups excluding carboxylic acids is 2. The summed E-state index contributed by atoms with van der Waals surface area (Å²) in [5, 5.41) is 12.7. The van der Waals surface area contributed by atoms with E-state index < -0.39 is 41.2 Å². The van der Waals surface area contributed by atoms with Crippen molar-refractivity contribution in [3.8, 4) is 5.75 Å². The Morgan fingerprint density at radius 2 is 2.00 bits per heavy atom. The Bertz CT molecular complexity index is 1090. The maximum atomic E-state index is 14.0. The van der Waals surface area contributed by atoms with Gasteiger partial charge in [-0.1, -0.05) is 0 Å². The van der Waals surface area contributed by atoms with Crippen LogP contribution in [-0.4, -0.2) is 51.0 Å². The largest absolute Gasteiger partial charge is 0.503 e. The fourth-order valence-electron chi connectivity index (χ4n) is 3.74. The van der Waals surface area contributed by atoms with Crippen molar-refractivity contribution in [3.05, 3.63) is 62.6 Å². The van der Waals surface area contributed by atoms with Gasteiger partial charge in [0, 0.05) is 42.9 Å². The van der Waals surface area contributed by atoms with E-state index in [2.05, 4.69) is 5.32 Å². The highest BCUT2D eigenvalue weighted by Crippen LogP contribution is 2.31. The zero-order chi connectivity index (χ0) is 21.6. The molecule has 3 heterocycles. The maximum Gasteiger partial charge on any atom is 0.274 e. The number of pyridine rings is 1. The van der Waals surface area contributed by atoms with Gasteiger partial charge in [0.1, 0.15) is 17.2 Å². The van der Waals surface area contributed by atoms with Gasteiger partial charge in [-0.2, -0.15) is 11.8 Å². The average Bonchev–Trinajstić information content (AvgIpc) is 2.91. The number of rotatable bonds is 3. The Morgan fingerprint density at radius 3 is 2.70 bits per heavy atom. The summed E-state index contributed by atoms with van der Waals surface area (Å²) in [6, 6.07) is 2.09. The molecule has 1 saturated heterocycles. The van der Waals surface area contributed by atoms with Gasteiger partial charge >= 0.3 is 0 Å². The van der Waals surface area contributed by atoms with Gasteiger partial charge in [0.05, 0.1) is 6.04 Å². The van der Waals surface area contributed by atoms with Crippen molar-refractivity contribution in [1.82, 2.24) is 14.8 Å². The smallest absolute Gasteiger partial charge is 0.274 e. The van der Waals surface area contributed by atoms with Gasteiger partial charge in [0.25, 0.3) is 11.8 Å². The van der Waals surface area contributed by atoms with Crippen molar-refractivity contribution in [2.45, 2.75) is 19.5 Å². The molecular formula is C20H19F2N3O4S. The first-order valence-electron chi connectivity index (χ1n) is 9.35. The first-order valence-corrected chi connectivity index (χ1v) is 10.5. The van der Waals surface area contributed by atoms with E-state index in [4.69, 9.17) is 0 Å². The number of nitrogens with one attached hydrogen (secondary N) is 1. The number of nitrogens with zero attached hydrogens (tertiary/aromatic N) is 2. The molecule has 0 saturated carbocycles. The molecule has 10 heteroatoms. The first kappa shape index (κ1) is 20.4. The molecule has 158 valence electrons. The number of fused-ring (bicyclic) bond motifs is 4. The third-order valence-electron chi connectivity index (χ3n) is 5.30. The summed E-state index contributed by atoms with van der Waals surface area (Å²) in [4.78, 5) is 39.4. The van der Waals surface area contributed by atoms with E-state index in [1.54, 1.807) is 23.6 Å². The quantitative estimate of drug-likeness (QED) is 0.768. The van der Waals surface area contributed by atoms with E-state index in [1.807, 2.05) is 0 Å². The average molecular weight is 435 g/mol. The highest BCUT2D eigenvalue weighted by atomic mass is 32.2.